The summed E-state index contributed by atoms with van der Waals surface area (Å²) < 4.78 is 5.42. The molecule has 1 aliphatic heterocycles. The van der Waals surface area contributed by atoms with E-state index in [1.807, 2.05) is 0 Å². The van der Waals surface area contributed by atoms with E-state index in [1.165, 1.54) is 18.4 Å². The fraction of sp³-hybridized carbons (Fsp3) is 0.565. The van der Waals surface area contributed by atoms with E-state index in [9.17, 15) is 9.90 Å². The molecule has 29 heavy (non-hydrogen) atoms. The van der Waals surface area contributed by atoms with Gasteiger partial charge in [0.15, 0.2) is 11.5 Å². The van der Waals surface area contributed by atoms with E-state index in [0.29, 0.717) is 12.2 Å². The van der Waals surface area contributed by atoms with Crippen LogP contribution in [-0.2, 0) is 13.0 Å². The summed E-state index contributed by atoms with van der Waals surface area (Å²) in [6, 6.07) is 12.6. The first-order chi connectivity index (χ1) is 14.2. The Morgan fingerprint density at radius 2 is 1.83 bits per heavy atom. The highest BCUT2D eigenvalue weighted by atomic mass is 16.5. The molecule has 0 radical (unpaired) electrons. The Balaban J connectivity index is 1.22. The van der Waals surface area contributed by atoms with Crippen LogP contribution in [0.25, 0.3) is 0 Å². The topological polar surface area (TPSA) is 78.6 Å². The number of carbonyl (C=O) groups excluding carboxylic acids is 1. The van der Waals surface area contributed by atoms with Crippen molar-refractivity contribution in [2.45, 2.75) is 63.6 Å². The van der Waals surface area contributed by atoms with Gasteiger partial charge in [0.25, 0.3) is 5.91 Å². The van der Waals surface area contributed by atoms with Gasteiger partial charge in [-0.05, 0) is 69.5 Å². The van der Waals surface area contributed by atoms with Gasteiger partial charge in [-0.1, -0.05) is 35.5 Å². The maximum Gasteiger partial charge on any atom is 0.273 e. The molecule has 2 aromatic rings. The molecule has 1 saturated carbocycles. The summed E-state index contributed by atoms with van der Waals surface area (Å²) in [5.74, 6) is 1.30. The highest BCUT2D eigenvalue weighted by Crippen LogP contribution is 2.23. The second-order valence-corrected chi connectivity index (χ2v) is 8.57. The van der Waals surface area contributed by atoms with Crippen molar-refractivity contribution >= 4 is 5.91 Å². The van der Waals surface area contributed by atoms with Gasteiger partial charge in [0.05, 0.1) is 12.6 Å². The minimum absolute atomic E-state index is 0.120. The Morgan fingerprint density at radius 1 is 1.10 bits per heavy atom. The van der Waals surface area contributed by atoms with Crippen molar-refractivity contribution in [1.82, 2.24) is 15.4 Å². The molecule has 1 aliphatic carbocycles. The number of likely N-dealkylation sites (tertiary alicyclic amines) is 1. The molecule has 1 amide bonds. The Bertz CT molecular complexity index is 776. The highest BCUT2D eigenvalue weighted by Gasteiger charge is 2.24. The normalized spacial score (nSPS) is 23.8. The Hall–Kier alpha value is -2.18. The van der Waals surface area contributed by atoms with Crippen molar-refractivity contribution in [3.8, 4) is 0 Å². The summed E-state index contributed by atoms with van der Waals surface area (Å²) in [6.07, 6.45) is 6.42. The molecule has 0 spiro atoms. The number of rotatable bonds is 6. The molecule has 4 rings (SSSR count). The largest absolute Gasteiger partial charge is 0.393 e. The van der Waals surface area contributed by atoms with Crippen LogP contribution in [0.3, 0.4) is 0 Å². The smallest absolute Gasteiger partial charge is 0.273 e. The van der Waals surface area contributed by atoms with Crippen LogP contribution < -0.4 is 5.32 Å². The number of aliphatic hydroxyl groups is 1. The first-order valence-corrected chi connectivity index (χ1v) is 10.9. The van der Waals surface area contributed by atoms with Crippen molar-refractivity contribution < 1.29 is 14.4 Å². The monoisotopic (exact) mass is 397 g/mol. The molecule has 1 aromatic heterocycles. The van der Waals surface area contributed by atoms with E-state index >= 15 is 0 Å². The number of nitrogens with one attached hydrogen (secondary N) is 1. The summed E-state index contributed by atoms with van der Waals surface area (Å²) >= 11 is 0. The first-order valence-electron chi connectivity index (χ1n) is 10.9. The molecule has 1 aromatic carbocycles. The Kier molecular flexibility index (Phi) is 6.62. The molecule has 2 N–H and O–H groups in total. The third-order valence-corrected chi connectivity index (χ3v) is 6.28. The number of piperidine rings is 1. The molecule has 0 unspecified atom stereocenters. The van der Waals surface area contributed by atoms with Gasteiger partial charge in [0.1, 0.15) is 0 Å². The maximum atomic E-state index is 12.4. The van der Waals surface area contributed by atoms with E-state index in [2.05, 4.69) is 45.7 Å². The van der Waals surface area contributed by atoms with E-state index < -0.39 is 0 Å². The highest BCUT2D eigenvalue weighted by molar-refractivity contribution is 5.92. The second kappa shape index (κ2) is 9.55. The van der Waals surface area contributed by atoms with Crippen LogP contribution in [0.2, 0.25) is 0 Å². The molecule has 1 saturated heterocycles. The third-order valence-electron chi connectivity index (χ3n) is 6.28. The molecule has 2 fully saturated rings. The van der Waals surface area contributed by atoms with Crippen LogP contribution in [-0.4, -0.2) is 46.3 Å². The van der Waals surface area contributed by atoms with Crippen molar-refractivity contribution in [2.75, 3.05) is 13.1 Å². The van der Waals surface area contributed by atoms with Gasteiger partial charge in [-0.15, -0.1) is 0 Å². The number of nitrogens with zero attached hydrogens (tertiary/aromatic N) is 2. The number of amides is 1. The van der Waals surface area contributed by atoms with Gasteiger partial charge in [-0.25, -0.2) is 0 Å². The van der Waals surface area contributed by atoms with Crippen LogP contribution in [0.15, 0.2) is 40.9 Å². The third kappa shape index (κ3) is 5.67. The van der Waals surface area contributed by atoms with E-state index in [1.54, 1.807) is 6.07 Å². The quantitative estimate of drug-likeness (QED) is 0.783. The van der Waals surface area contributed by atoms with Crippen LogP contribution in [0.1, 0.15) is 60.3 Å². The number of benzene rings is 1. The predicted octanol–water partition coefficient (Wildman–Crippen LogP) is 3.16. The average molecular weight is 398 g/mol. The summed E-state index contributed by atoms with van der Waals surface area (Å²) in [5.41, 5.74) is 1.77. The lowest BCUT2D eigenvalue weighted by molar-refractivity contribution is 0.0859. The minimum atomic E-state index is -0.223. The van der Waals surface area contributed by atoms with Crippen molar-refractivity contribution in [3.63, 3.8) is 0 Å². The molecule has 156 valence electrons. The van der Waals surface area contributed by atoms with Gasteiger partial charge < -0.3 is 14.9 Å². The molecule has 6 heteroatoms. The molecule has 0 atom stereocenters. The fourth-order valence-electron chi connectivity index (χ4n) is 4.49. The number of hydrogen-bond donors (Lipinski definition) is 2. The van der Waals surface area contributed by atoms with Crippen LogP contribution in [0, 0.1) is 5.92 Å². The maximum absolute atomic E-state index is 12.4. The average Bonchev–Trinajstić information content (AvgIpc) is 3.21. The standard InChI is InChI=1S/C23H31N3O3/c27-20-8-6-19(7-9-20)24-23(28)22-15-21(29-25-22)16-26-12-10-18(11-13-26)14-17-4-2-1-3-5-17/h1-5,15,18-20,27H,6-14,16H2,(H,24,28). The zero-order valence-corrected chi connectivity index (χ0v) is 16.9. The van der Waals surface area contributed by atoms with Crippen molar-refractivity contribution in [2.24, 2.45) is 5.92 Å². The first kappa shape index (κ1) is 20.1. The number of aromatic nitrogens is 1. The molecule has 2 heterocycles. The fourth-order valence-corrected chi connectivity index (χ4v) is 4.49. The molecule has 0 bridgehead atoms. The molecular formula is C23H31N3O3. The lowest BCUT2D eigenvalue weighted by atomic mass is 9.90. The van der Waals surface area contributed by atoms with Crippen molar-refractivity contribution in [3.05, 3.63) is 53.4 Å². The van der Waals surface area contributed by atoms with E-state index in [0.717, 1.165) is 56.9 Å². The van der Waals surface area contributed by atoms with E-state index in [4.69, 9.17) is 4.52 Å². The lowest BCUT2D eigenvalue weighted by Crippen LogP contribution is -2.38. The van der Waals surface area contributed by atoms with Gasteiger partial charge in [-0.3, -0.25) is 9.69 Å². The van der Waals surface area contributed by atoms with Gasteiger partial charge >= 0.3 is 0 Å². The Morgan fingerprint density at radius 3 is 2.55 bits per heavy atom. The summed E-state index contributed by atoms with van der Waals surface area (Å²) in [4.78, 5) is 14.8. The van der Waals surface area contributed by atoms with Gasteiger partial charge in [0.2, 0.25) is 0 Å². The number of carbonyl (C=O) groups is 1. The Labute approximate surface area is 172 Å². The zero-order valence-electron chi connectivity index (χ0n) is 16.9. The molecule has 6 nitrogen and oxygen atoms in total. The lowest BCUT2D eigenvalue weighted by Gasteiger charge is -2.31. The summed E-state index contributed by atoms with van der Waals surface area (Å²) in [6.45, 7) is 2.79. The van der Waals surface area contributed by atoms with Crippen LogP contribution in [0.4, 0.5) is 0 Å². The zero-order chi connectivity index (χ0) is 20.1. The second-order valence-electron chi connectivity index (χ2n) is 8.57. The summed E-state index contributed by atoms with van der Waals surface area (Å²) in [5, 5.41) is 16.6. The number of aliphatic hydroxyl groups excluding tert-OH is 1. The van der Waals surface area contributed by atoms with Gasteiger partial charge in [0, 0.05) is 12.1 Å². The van der Waals surface area contributed by atoms with Crippen molar-refractivity contribution in [1.29, 1.82) is 0 Å². The number of hydrogen-bond acceptors (Lipinski definition) is 5. The van der Waals surface area contributed by atoms with E-state index in [-0.39, 0.29) is 18.1 Å². The summed E-state index contributed by atoms with van der Waals surface area (Å²) in [7, 11) is 0. The molecule has 2 aliphatic rings. The minimum Gasteiger partial charge on any atom is -0.393 e. The predicted molar refractivity (Wildman–Crippen MR) is 110 cm³/mol. The molecular weight excluding hydrogens is 366 g/mol. The van der Waals surface area contributed by atoms with Gasteiger partial charge in [-0.2, -0.15) is 0 Å². The van der Waals surface area contributed by atoms with Crippen LogP contribution >= 0.6 is 0 Å². The SMILES string of the molecule is O=C(NC1CCC(O)CC1)c1cc(CN2CCC(Cc3ccccc3)CC2)on1. The van der Waals surface area contributed by atoms with Crippen LogP contribution in [0.5, 0.6) is 0 Å².